The molecule has 0 saturated carbocycles. The van der Waals surface area contributed by atoms with Gasteiger partial charge in [0.05, 0.1) is 12.5 Å². The van der Waals surface area contributed by atoms with Crippen molar-refractivity contribution in [3.63, 3.8) is 0 Å². The quantitative estimate of drug-likeness (QED) is 0.914. The van der Waals surface area contributed by atoms with Crippen molar-refractivity contribution < 1.29 is 4.39 Å². The maximum atomic E-state index is 13.3. The van der Waals surface area contributed by atoms with Gasteiger partial charge in [-0.05, 0) is 23.8 Å². The van der Waals surface area contributed by atoms with Crippen LogP contribution < -0.4 is 5.32 Å². The Labute approximate surface area is 111 Å². The Kier molecular flexibility index (Phi) is 4.54. The summed E-state index contributed by atoms with van der Waals surface area (Å²) in [4.78, 5) is 2.18. The van der Waals surface area contributed by atoms with Crippen LogP contribution in [0.15, 0.2) is 18.2 Å². The van der Waals surface area contributed by atoms with Gasteiger partial charge in [-0.2, -0.15) is 5.26 Å². The first-order valence-corrected chi connectivity index (χ1v) is 6.37. The van der Waals surface area contributed by atoms with Crippen molar-refractivity contribution in [3.8, 4) is 6.07 Å². The molecule has 1 atom stereocenters. The van der Waals surface area contributed by atoms with Crippen molar-refractivity contribution in [2.75, 3.05) is 26.2 Å². The van der Waals surface area contributed by atoms with Crippen molar-refractivity contribution in [2.45, 2.75) is 12.5 Å². The molecule has 1 aliphatic heterocycles. The van der Waals surface area contributed by atoms with E-state index in [9.17, 15) is 4.39 Å². The highest BCUT2D eigenvalue weighted by atomic mass is 35.5. The van der Waals surface area contributed by atoms with E-state index < -0.39 is 0 Å². The van der Waals surface area contributed by atoms with Gasteiger partial charge in [-0.3, -0.25) is 4.90 Å². The highest BCUT2D eigenvalue weighted by Gasteiger charge is 2.24. The molecule has 96 valence electrons. The minimum Gasteiger partial charge on any atom is -0.314 e. The first-order chi connectivity index (χ1) is 8.72. The van der Waals surface area contributed by atoms with E-state index in [1.165, 1.54) is 12.1 Å². The van der Waals surface area contributed by atoms with Gasteiger partial charge in [0.15, 0.2) is 0 Å². The third-order valence-corrected chi connectivity index (χ3v) is 3.54. The fourth-order valence-corrected chi connectivity index (χ4v) is 2.53. The summed E-state index contributed by atoms with van der Waals surface area (Å²) in [6.45, 7) is 3.46. The lowest BCUT2D eigenvalue weighted by atomic mass is 10.0. The molecule has 1 N–H and O–H groups in total. The summed E-state index contributed by atoms with van der Waals surface area (Å²) >= 11 is 6.13. The molecule has 1 heterocycles. The first kappa shape index (κ1) is 13.3. The van der Waals surface area contributed by atoms with E-state index in [4.69, 9.17) is 16.9 Å². The number of piperazine rings is 1. The van der Waals surface area contributed by atoms with Crippen LogP contribution in [0.25, 0.3) is 0 Å². The largest absolute Gasteiger partial charge is 0.314 e. The normalized spacial score (nSPS) is 18.3. The van der Waals surface area contributed by atoms with Crippen LogP contribution in [-0.4, -0.2) is 31.1 Å². The zero-order chi connectivity index (χ0) is 13.0. The minimum atomic E-state index is -0.313. The molecule has 0 aromatic heterocycles. The summed E-state index contributed by atoms with van der Waals surface area (Å²) in [5.41, 5.74) is 0.708. The second-order valence-corrected chi connectivity index (χ2v) is 4.74. The smallest absolute Gasteiger partial charge is 0.123 e. The van der Waals surface area contributed by atoms with E-state index in [1.54, 1.807) is 6.07 Å². The first-order valence-electron chi connectivity index (χ1n) is 5.99. The van der Waals surface area contributed by atoms with E-state index in [-0.39, 0.29) is 11.9 Å². The molecule has 1 aromatic rings. The monoisotopic (exact) mass is 267 g/mol. The number of rotatable bonds is 3. The van der Waals surface area contributed by atoms with E-state index in [1.807, 2.05) is 0 Å². The van der Waals surface area contributed by atoms with Crippen molar-refractivity contribution in [1.82, 2.24) is 10.2 Å². The number of hydrogen-bond acceptors (Lipinski definition) is 3. The van der Waals surface area contributed by atoms with E-state index in [2.05, 4.69) is 16.3 Å². The molecule has 1 saturated heterocycles. The molecule has 18 heavy (non-hydrogen) atoms. The molecule has 2 rings (SSSR count). The van der Waals surface area contributed by atoms with Gasteiger partial charge in [-0.25, -0.2) is 4.39 Å². The van der Waals surface area contributed by atoms with Gasteiger partial charge in [0, 0.05) is 37.2 Å². The number of nitrogens with one attached hydrogen (secondary N) is 1. The molecular weight excluding hydrogens is 253 g/mol. The minimum absolute atomic E-state index is 0.125. The average molecular weight is 268 g/mol. The lowest BCUT2D eigenvalue weighted by molar-refractivity contribution is 0.175. The SMILES string of the molecule is N#CC[C@H](c1cc(F)ccc1Cl)N1CCNCC1. The standard InChI is InChI=1S/C13H15ClFN3/c14-12-2-1-10(15)9-11(12)13(3-4-16)18-7-5-17-6-8-18/h1-2,9,13,17H,3,5-8H2/t13-/m1/s1. The van der Waals surface area contributed by atoms with Crippen LogP contribution in [0.4, 0.5) is 4.39 Å². The van der Waals surface area contributed by atoms with E-state index in [0.29, 0.717) is 17.0 Å². The summed E-state index contributed by atoms with van der Waals surface area (Å²) < 4.78 is 13.3. The lowest BCUT2D eigenvalue weighted by Crippen LogP contribution is -2.45. The molecule has 0 radical (unpaired) electrons. The lowest BCUT2D eigenvalue weighted by Gasteiger charge is -2.34. The number of halogens is 2. The Hall–Kier alpha value is -1.15. The number of nitriles is 1. The highest BCUT2D eigenvalue weighted by Crippen LogP contribution is 2.30. The molecule has 0 bridgehead atoms. The number of hydrogen-bond donors (Lipinski definition) is 1. The van der Waals surface area contributed by atoms with Crippen molar-refractivity contribution in [2.24, 2.45) is 0 Å². The Bertz CT molecular complexity index is 452. The van der Waals surface area contributed by atoms with Crippen LogP contribution in [-0.2, 0) is 0 Å². The topological polar surface area (TPSA) is 39.1 Å². The van der Waals surface area contributed by atoms with E-state index in [0.717, 1.165) is 26.2 Å². The number of benzene rings is 1. The molecule has 0 spiro atoms. The van der Waals surface area contributed by atoms with Crippen LogP contribution in [0.2, 0.25) is 5.02 Å². The number of nitrogens with zero attached hydrogens (tertiary/aromatic N) is 2. The van der Waals surface area contributed by atoms with Gasteiger partial charge in [0.1, 0.15) is 5.82 Å². The third-order valence-electron chi connectivity index (χ3n) is 3.19. The van der Waals surface area contributed by atoms with Crippen LogP contribution in [0.3, 0.4) is 0 Å². The predicted molar refractivity (Wildman–Crippen MR) is 68.8 cm³/mol. The van der Waals surface area contributed by atoms with Gasteiger partial charge in [-0.15, -0.1) is 0 Å². The summed E-state index contributed by atoms with van der Waals surface area (Å²) in [6.07, 6.45) is 0.323. The average Bonchev–Trinajstić information content (AvgIpc) is 2.40. The molecule has 0 aliphatic carbocycles. The predicted octanol–water partition coefficient (Wildman–Crippen LogP) is 2.34. The summed E-state index contributed by atoms with van der Waals surface area (Å²) in [6, 6.07) is 6.37. The Morgan fingerprint density at radius 1 is 1.44 bits per heavy atom. The highest BCUT2D eigenvalue weighted by molar-refractivity contribution is 6.31. The van der Waals surface area contributed by atoms with Crippen LogP contribution in [0.1, 0.15) is 18.0 Å². The van der Waals surface area contributed by atoms with Crippen LogP contribution in [0.5, 0.6) is 0 Å². The molecule has 5 heteroatoms. The van der Waals surface area contributed by atoms with Gasteiger partial charge >= 0.3 is 0 Å². The van der Waals surface area contributed by atoms with Gasteiger partial charge in [0.2, 0.25) is 0 Å². The fourth-order valence-electron chi connectivity index (χ4n) is 2.29. The zero-order valence-electron chi connectivity index (χ0n) is 10.00. The van der Waals surface area contributed by atoms with Gasteiger partial charge < -0.3 is 5.32 Å². The molecule has 3 nitrogen and oxygen atoms in total. The molecule has 1 aliphatic rings. The van der Waals surface area contributed by atoms with Gasteiger partial charge in [0.25, 0.3) is 0 Å². The second kappa shape index (κ2) is 6.14. The Balaban J connectivity index is 2.28. The Morgan fingerprint density at radius 3 is 2.83 bits per heavy atom. The summed E-state index contributed by atoms with van der Waals surface area (Å²) in [7, 11) is 0. The van der Waals surface area contributed by atoms with E-state index >= 15 is 0 Å². The van der Waals surface area contributed by atoms with Gasteiger partial charge in [-0.1, -0.05) is 11.6 Å². The second-order valence-electron chi connectivity index (χ2n) is 4.33. The maximum Gasteiger partial charge on any atom is 0.123 e. The van der Waals surface area contributed by atoms with Crippen LogP contribution >= 0.6 is 11.6 Å². The third kappa shape index (κ3) is 2.99. The Morgan fingerprint density at radius 2 is 2.17 bits per heavy atom. The van der Waals surface area contributed by atoms with Crippen molar-refractivity contribution in [1.29, 1.82) is 5.26 Å². The van der Waals surface area contributed by atoms with Crippen molar-refractivity contribution in [3.05, 3.63) is 34.6 Å². The van der Waals surface area contributed by atoms with Crippen LogP contribution in [0, 0.1) is 17.1 Å². The molecular formula is C13H15ClFN3. The molecule has 1 aromatic carbocycles. The molecule has 0 amide bonds. The zero-order valence-corrected chi connectivity index (χ0v) is 10.8. The van der Waals surface area contributed by atoms with Crippen molar-refractivity contribution >= 4 is 11.6 Å². The summed E-state index contributed by atoms with van der Waals surface area (Å²) in [5, 5.41) is 12.7. The summed E-state index contributed by atoms with van der Waals surface area (Å²) in [5.74, 6) is -0.313. The fraction of sp³-hybridized carbons (Fsp3) is 0.462. The maximum absolute atomic E-state index is 13.3. The molecule has 1 fully saturated rings. The molecule has 0 unspecified atom stereocenters.